The first-order chi connectivity index (χ1) is 8.19. The van der Waals surface area contributed by atoms with E-state index in [1.807, 2.05) is 18.2 Å². The van der Waals surface area contributed by atoms with E-state index in [0.717, 1.165) is 16.7 Å². The summed E-state index contributed by atoms with van der Waals surface area (Å²) in [4.78, 5) is 1.27. The van der Waals surface area contributed by atoms with E-state index >= 15 is 0 Å². The number of hydrogen-bond donors (Lipinski definition) is 1. The van der Waals surface area contributed by atoms with E-state index in [0.29, 0.717) is 10.8 Å². The van der Waals surface area contributed by atoms with Crippen LogP contribution in [0, 0.1) is 0 Å². The second kappa shape index (κ2) is 5.76. The number of benzene rings is 1. The average molecular weight is 333 g/mol. The summed E-state index contributed by atoms with van der Waals surface area (Å²) in [7, 11) is 1.61. The van der Waals surface area contributed by atoms with Crippen LogP contribution in [0.5, 0.6) is 5.75 Å². The fourth-order valence-electron chi connectivity index (χ4n) is 1.41. The highest BCUT2D eigenvalue weighted by molar-refractivity contribution is 9.10. The molecule has 1 aromatic heterocycles. The minimum Gasteiger partial charge on any atom is -0.495 e. The summed E-state index contributed by atoms with van der Waals surface area (Å²) in [6, 6.07) is 7.77. The molecule has 17 heavy (non-hydrogen) atoms. The average Bonchev–Trinajstić information content (AvgIpc) is 2.73. The molecule has 0 bridgehead atoms. The lowest BCUT2D eigenvalue weighted by molar-refractivity contribution is 0.415. The molecule has 0 aliphatic carbocycles. The molecule has 0 unspecified atom stereocenters. The zero-order chi connectivity index (χ0) is 12.3. The van der Waals surface area contributed by atoms with Gasteiger partial charge in [-0.2, -0.15) is 0 Å². The Balaban J connectivity index is 2.02. The van der Waals surface area contributed by atoms with Gasteiger partial charge in [-0.3, -0.25) is 0 Å². The smallest absolute Gasteiger partial charge is 0.137 e. The van der Waals surface area contributed by atoms with Gasteiger partial charge in [-0.1, -0.05) is 11.6 Å². The lowest BCUT2D eigenvalue weighted by Gasteiger charge is -2.07. The van der Waals surface area contributed by atoms with Crippen molar-refractivity contribution in [2.24, 2.45) is 0 Å². The Bertz CT molecular complexity index is 515. The lowest BCUT2D eigenvalue weighted by Crippen LogP contribution is -1.97. The van der Waals surface area contributed by atoms with Crippen LogP contribution in [0.1, 0.15) is 4.88 Å². The molecule has 90 valence electrons. The highest BCUT2D eigenvalue weighted by atomic mass is 79.9. The van der Waals surface area contributed by atoms with Crippen LogP contribution in [0.2, 0.25) is 5.02 Å². The van der Waals surface area contributed by atoms with Gasteiger partial charge in [-0.15, -0.1) is 11.3 Å². The van der Waals surface area contributed by atoms with E-state index in [-0.39, 0.29) is 0 Å². The number of ether oxygens (including phenoxy) is 1. The Kier molecular flexibility index (Phi) is 4.31. The third-order valence-electron chi connectivity index (χ3n) is 2.24. The van der Waals surface area contributed by atoms with Crippen LogP contribution in [0.4, 0.5) is 5.69 Å². The summed E-state index contributed by atoms with van der Waals surface area (Å²) in [5.74, 6) is 0.691. The standard InChI is InChI=1S/C12H11BrClNOS/c1-16-12-3-2-9(5-11(12)14)15-6-10-4-8(13)7-17-10/h2-5,7,15H,6H2,1H3. The Morgan fingerprint density at radius 3 is 2.82 bits per heavy atom. The summed E-state index contributed by atoms with van der Waals surface area (Å²) in [5.41, 5.74) is 0.986. The normalized spacial score (nSPS) is 10.3. The fraction of sp³-hybridized carbons (Fsp3) is 0.167. The van der Waals surface area contributed by atoms with Gasteiger partial charge in [0.05, 0.1) is 12.1 Å². The Hall–Kier alpha value is -0.710. The molecule has 1 N–H and O–H groups in total. The molecule has 0 atom stereocenters. The van der Waals surface area contributed by atoms with Gasteiger partial charge in [0.1, 0.15) is 5.75 Å². The summed E-state index contributed by atoms with van der Waals surface area (Å²) in [6.07, 6.45) is 0. The van der Waals surface area contributed by atoms with Crippen molar-refractivity contribution < 1.29 is 4.74 Å². The van der Waals surface area contributed by atoms with E-state index in [4.69, 9.17) is 16.3 Å². The van der Waals surface area contributed by atoms with E-state index in [2.05, 4.69) is 32.7 Å². The highest BCUT2D eigenvalue weighted by Gasteiger charge is 2.02. The highest BCUT2D eigenvalue weighted by Crippen LogP contribution is 2.28. The number of nitrogens with one attached hydrogen (secondary N) is 1. The predicted molar refractivity (Wildman–Crippen MR) is 77.3 cm³/mol. The third-order valence-corrected chi connectivity index (χ3v) is 4.23. The number of anilines is 1. The van der Waals surface area contributed by atoms with Crippen molar-refractivity contribution >= 4 is 44.6 Å². The Morgan fingerprint density at radius 2 is 2.24 bits per heavy atom. The van der Waals surface area contributed by atoms with Crippen molar-refractivity contribution in [1.29, 1.82) is 0 Å². The molecule has 5 heteroatoms. The van der Waals surface area contributed by atoms with Gasteiger partial charge in [0, 0.05) is 27.0 Å². The second-order valence-electron chi connectivity index (χ2n) is 3.43. The summed E-state index contributed by atoms with van der Waals surface area (Å²) >= 11 is 11.2. The van der Waals surface area contributed by atoms with Gasteiger partial charge in [0.25, 0.3) is 0 Å². The molecule has 0 fully saturated rings. The zero-order valence-electron chi connectivity index (χ0n) is 9.17. The predicted octanol–water partition coefficient (Wildman–Crippen LogP) is 4.78. The minimum absolute atomic E-state index is 0.616. The number of halogens is 2. The molecule has 2 rings (SSSR count). The molecule has 0 spiro atoms. The van der Waals surface area contributed by atoms with E-state index in [1.54, 1.807) is 18.4 Å². The van der Waals surface area contributed by atoms with Crippen molar-refractivity contribution in [3.63, 3.8) is 0 Å². The number of rotatable bonds is 4. The third kappa shape index (κ3) is 3.37. The fourth-order valence-corrected chi connectivity index (χ4v) is 3.06. The molecule has 0 radical (unpaired) electrons. The van der Waals surface area contributed by atoms with Crippen LogP contribution in [0.15, 0.2) is 34.1 Å². The van der Waals surface area contributed by atoms with Crippen molar-refractivity contribution in [2.75, 3.05) is 12.4 Å². The monoisotopic (exact) mass is 331 g/mol. The molecular weight excluding hydrogens is 322 g/mol. The van der Waals surface area contributed by atoms with Crippen LogP contribution in [-0.2, 0) is 6.54 Å². The topological polar surface area (TPSA) is 21.3 Å². The Morgan fingerprint density at radius 1 is 1.41 bits per heavy atom. The molecule has 0 amide bonds. The van der Waals surface area contributed by atoms with Crippen molar-refractivity contribution in [1.82, 2.24) is 0 Å². The van der Waals surface area contributed by atoms with Gasteiger partial charge in [0.15, 0.2) is 0 Å². The van der Waals surface area contributed by atoms with Crippen LogP contribution >= 0.6 is 38.9 Å². The molecule has 0 saturated heterocycles. The van der Waals surface area contributed by atoms with Gasteiger partial charge >= 0.3 is 0 Å². The maximum absolute atomic E-state index is 6.05. The molecule has 0 saturated carbocycles. The van der Waals surface area contributed by atoms with Crippen molar-refractivity contribution in [3.8, 4) is 5.75 Å². The first-order valence-electron chi connectivity index (χ1n) is 4.99. The van der Waals surface area contributed by atoms with Crippen LogP contribution in [0.25, 0.3) is 0 Å². The molecule has 1 aromatic carbocycles. The molecule has 2 nitrogen and oxygen atoms in total. The van der Waals surface area contributed by atoms with Crippen LogP contribution in [-0.4, -0.2) is 7.11 Å². The largest absolute Gasteiger partial charge is 0.495 e. The SMILES string of the molecule is COc1ccc(NCc2cc(Br)cs2)cc1Cl. The molecule has 1 heterocycles. The molecular formula is C12H11BrClNOS. The maximum Gasteiger partial charge on any atom is 0.137 e. The molecule has 2 aromatic rings. The van der Waals surface area contributed by atoms with Crippen LogP contribution in [0.3, 0.4) is 0 Å². The number of hydrogen-bond acceptors (Lipinski definition) is 3. The van der Waals surface area contributed by atoms with Gasteiger partial charge in [-0.05, 0) is 40.2 Å². The van der Waals surface area contributed by atoms with Crippen molar-refractivity contribution in [3.05, 3.63) is 44.0 Å². The van der Waals surface area contributed by atoms with Gasteiger partial charge in [-0.25, -0.2) is 0 Å². The first kappa shape index (κ1) is 12.7. The van der Waals surface area contributed by atoms with Crippen molar-refractivity contribution in [2.45, 2.75) is 6.54 Å². The van der Waals surface area contributed by atoms with E-state index in [1.165, 1.54) is 4.88 Å². The number of thiophene rings is 1. The summed E-state index contributed by atoms with van der Waals surface area (Å²) in [6.45, 7) is 0.791. The second-order valence-corrected chi connectivity index (χ2v) is 5.75. The zero-order valence-corrected chi connectivity index (χ0v) is 12.3. The van der Waals surface area contributed by atoms with E-state index in [9.17, 15) is 0 Å². The Labute approximate surface area is 118 Å². The quantitative estimate of drug-likeness (QED) is 0.869. The molecule has 0 aliphatic rings. The van der Waals surface area contributed by atoms with Gasteiger partial charge < -0.3 is 10.1 Å². The molecule has 0 aliphatic heterocycles. The first-order valence-corrected chi connectivity index (χ1v) is 7.04. The van der Waals surface area contributed by atoms with Gasteiger partial charge in [0.2, 0.25) is 0 Å². The maximum atomic E-state index is 6.05. The van der Waals surface area contributed by atoms with Crippen LogP contribution < -0.4 is 10.1 Å². The lowest BCUT2D eigenvalue weighted by atomic mass is 10.3. The summed E-state index contributed by atoms with van der Waals surface area (Å²) < 4.78 is 6.22. The number of methoxy groups -OCH3 is 1. The van der Waals surface area contributed by atoms with E-state index < -0.39 is 0 Å². The minimum atomic E-state index is 0.616. The summed E-state index contributed by atoms with van der Waals surface area (Å²) in [5, 5.41) is 6.00.